The van der Waals surface area contributed by atoms with Gasteiger partial charge in [-0.25, -0.2) is 21.6 Å². The van der Waals surface area contributed by atoms with E-state index in [0.717, 1.165) is 11.8 Å². The molecule has 0 radical (unpaired) electrons. The molecule has 25 heavy (non-hydrogen) atoms. The molecule has 0 spiro atoms. The van der Waals surface area contributed by atoms with Gasteiger partial charge in [-0.3, -0.25) is 0 Å². The fourth-order valence-electron chi connectivity index (χ4n) is 2.60. The van der Waals surface area contributed by atoms with E-state index < -0.39 is 25.1 Å². The highest BCUT2D eigenvalue weighted by Gasteiger charge is 2.20. The van der Waals surface area contributed by atoms with Crippen LogP contribution in [0.3, 0.4) is 0 Å². The van der Waals surface area contributed by atoms with E-state index in [1.165, 1.54) is 0 Å². The topological polar surface area (TPSA) is 119 Å². The van der Waals surface area contributed by atoms with Crippen LogP contribution in [0.1, 0.15) is 29.0 Å². The van der Waals surface area contributed by atoms with Crippen LogP contribution in [-0.2, 0) is 26.3 Å². The molecule has 1 aromatic heterocycles. The Labute approximate surface area is 147 Å². The molecule has 0 aliphatic carbocycles. The van der Waals surface area contributed by atoms with E-state index in [9.17, 15) is 16.8 Å². The lowest BCUT2D eigenvalue weighted by Gasteiger charge is -2.12. The molecule has 0 aliphatic rings. The summed E-state index contributed by atoms with van der Waals surface area (Å²) < 4.78 is 55.1. The molecular weight excluding hydrogens is 366 g/mol. The summed E-state index contributed by atoms with van der Waals surface area (Å²) >= 11 is 0. The molecule has 0 saturated carbocycles. The Morgan fingerprint density at radius 2 is 1.64 bits per heavy atom. The molecule has 0 unspecified atom stereocenters. The first-order valence-corrected chi connectivity index (χ1v) is 11.0. The molecule has 8 nitrogen and oxygen atoms in total. The highest BCUT2D eigenvalue weighted by atomic mass is 32.2. The van der Waals surface area contributed by atoms with E-state index in [4.69, 9.17) is 4.42 Å². The third-order valence-corrected chi connectivity index (χ3v) is 6.06. The normalized spacial score (nSPS) is 12.5. The van der Waals surface area contributed by atoms with Crippen molar-refractivity contribution >= 4 is 19.9 Å². The molecule has 0 fully saturated rings. The maximum atomic E-state index is 12.5. The Kier molecular flexibility index (Phi) is 5.65. The number of hydrogen-bond donors (Lipinski definition) is 1. The zero-order valence-electron chi connectivity index (χ0n) is 14.5. The van der Waals surface area contributed by atoms with Crippen molar-refractivity contribution in [3.63, 3.8) is 0 Å². The SMILES string of the molecule is Cc1cc(C)c(S(=O)(=O)NCCCc2nnc(S(C)(=O)=O)o2)c(C)c1. The van der Waals surface area contributed by atoms with Crippen LogP contribution in [0.4, 0.5) is 0 Å². The van der Waals surface area contributed by atoms with Gasteiger partial charge in [-0.1, -0.05) is 22.8 Å². The Morgan fingerprint density at radius 3 is 2.16 bits per heavy atom. The van der Waals surface area contributed by atoms with Crippen molar-refractivity contribution in [1.29, 1.82) is 0 Å². The zero-order valence-corrected chi connectivity index (χ0v) is 16.2. The minimum absolute atomic E-state index is 0.155. The van der Waals surface area contributed by atoms with Crippen LogP contribution in [0.2, 0.25) is 0 Å². The summed E-state index contributed by atoms with van der Waals surface area (Å²) in [5.74, 6) is 0.155. The van der Waals surface area contributed by atoms with Gasteiger partial charge in [-0.2, -0.15) is 0 Å². The predicted octanol–water partition coefficient (Wildman–Crippen LogP) is 1.31. The lowest BCUT2D eigenvalue weighted by molar-refractivity contribution is 0.394. The minimum Gasteiger partial charge on any atom is -0.413 e. The molecule has 10 heteroatoms. The molecule has 2 aromatic rings. The second-order valence-corrected chi connectivity index (χ2v) is 9.56. The molecule has 0 aliphatic heterocycles. The van der Waals surface area contributed by atoms with Crippen LogP contribution in [0.25, 0.3) is 0 Å². The average molecular weight is 387 g/mol. The molecule has 0 saturated heterocycles. The summed E-state index contributed by atoms with van der Waals surface area (Å²) in [4.78, 5) is 0.287. The standard InChI is InChI=1S/C15H21N3O5S2/c1-10-8-11(2)14(12(3)9-10)25(21,22)16-7-5-6-13-17-18-15(23-13)24(4,19)20/h8-9,16H,5-7H2,1-4H3. The number of aromatic nitrogens is 2. The zero-order chi connectivity index (χ0) is 18.8. The summed E-state index contributed by atoms with van der Waals surface area (Å²) in [6.45, 7) is 5.62. The Hall–Kier alpha value is -1.78. The van der Waals surface area contributed by atoms with E-state index in [1.807, 2.05) is 19.1 Å². The maximum absolute atomic E-state index is 12.5. The molecule has 0 bridgehead atoms. The molecule has 0 amide bonds. The summed E-state index contributed by atoms with van der Waals surface area (Å²) in [6, 6.07) is 3.65. The first kappa shape index (κ1) is 19.5. The quantitative estimate of drug-likeness (QED) is 0.711. The number of aryl methyl sites for hydroxylation is 4. The van der Waals surface area contributed by atoms with Crippen molar-refractivity contribution in [3.8, 4) is 0 Å². The van der Waals surface area contributed by atoms with Gasteiger partial charge in [0.2, 0.25) is 25.8 Å². The summed E-state index contributed by atoms with van der Waals surface area (Å²) in [5, 5.41) is 6.65. The van der Waals surface area contributed by atoms with Crippen molar-refractivity contribution < 1.29 is 21.3 Å². The van der Waals surface area contributed by atoms with Crippen LogP contribution < -0.4 is 4.72 Å². The minimum atomic E-state index is -3.62. The van der Waals surface area contributed by atoms with Crippen molar-refractivity contribution in [2.24, 2.45) is 0 Å². The van der Waals surface area contributed by atoms with E-state index >= 15 is 0 Å². The molecule has 1 N–H and O–H groups in total. The fraction of sp³-hybridized carbons (Fsp3) is 0.467. The van der Waals surface area contributed by atoms with Gasteiger partial charge in [-0.05, 0) is 38.3 Å². The van der Waals surface area contributed by atoms with Gasteiger partial charge < -0.3 is 4.42 Å². The number of sulfone groups is 1. The monoisotopic (exact) mass is 387 g/mol. The van der Waals surface area contributed by atoms with Gasteiger partial charge in [0.05, 0.1) is 4.90 Å². The first-order valence-electron chi connectivity index (χ1n) is 7.60. The van der Waals surface area contributed by atoms with Gasteiger partial charge in [0.1, 0.15) is 0 Å². The summed E-state index contributed by atoms with van der Waals surface area (Å²) in [6.07, 6.45) is 1.65. The molecular formula is C15H21N3O5S2. The molecule has 1 aromatic carbocycles. The van der Waals surface area contributed by atoms with Crippen molar-refractivity contribution in [2.45, 2.75) is 43.7 Å². The Balaban J connectivity index is 1.99. The van der Waals surface area contributed by atoms with E-state index in [2.05, 4.69) is 14.9 Å². The van der Waals surface area contributed by atoms with Gasteiger partial charge in [0.25, 0.3) is 0 Å². The highest BCUT2D eigenvalue weighted by Crippen LogP contribution is 2.21. The van der Waals surface area contributed by atoms with Crippen LogP contribution in [-0.4, -0.2) is 39.8 Å². The molecule has 0 atom stereocenters. The lowest BCUT2D eigenvalue weighted by atomic mass is 10.1. The Morgan fingerprint density at radius 1 is 1.04 bits per heavy atom. The Bertz CT molecular complexity index is 955. The van der Waals surface area contributed by atoms with Crippen molar-refractivity contribution in [1.82, 2.24) is 14.9 Å². The summed E-state index contributed by atoms with van der Waals surface area (Å²) in [7, 11) is -7.16. The van der Waals surface area contributed by atoms with Gasteiger partial charge in [0.15, 0.2) is 0 Å². The third kappa shape index (κ3) is 4.86. The number of benzene rings is 1. The van der Waals surface area contributed by atoms with Gasteiger partial charge in [-0.15, -0.1) is 5.10 Å². The molecule has 138 valence electrons. The summed E-state index contributed by atoms with van der Waals surface area (Å²) in [5.41, 5.74) is 2.39. The lowest BCUT2D eigenvalue weighted by Crippen LogP contribution is -2.26. The smallest absolute Gasteiger partial charge is 0.335 e. The van der Waals surface area contributed by atoms with Crippen LogP contribution in [0.15, 0.2) is 26.7 Å². The van der Waals surface area contributed by atoms with Crippen molar-refractivity contribution in [2.75, 3.05) is 12.8 Å². The van der Waals surface area contributed by atoms with E-state index in [1.54, 1.807) is 13.8 Å². The van der Waals surface area contributed by atoms with E-state index in [-0.39, 0.29) is 23.8 Å². The van der Waals surface area contributed by atoms with Crippen molar-refractivity contribution in [3.05, 3.63) is 34.7 Å². The fourth-order valence-corrected chi connectivity index (χ4v) is 4.56. The molecule has 1 heterocycles. The second-order valence-electron chi connectivity index (χ2n) is 5.96. The number of sulfonamides is 1. The van der Waals surface area contributed by atoms with E-state index in [0.29, 0.717) is 17.5 Å². The highest BCUT2D eigenvalue weighted by molar-refractivity contribution is 7.90. The van der Waals surface area contributed by atoms with Gasteiger partial charge in [0, 0.05) is 19.2 Å². The average Bonchev–Trinajstić information content (AvgIpc) is 2.91. The number of nitrogens with one attached hydrogen (secondary N) is 1. The van der Waals surface area contributed by atoms with Crippen LogP contribution >= 0.6 is 0 Å². The largest absolute Gasteiger partial charge is 0.413 e. The van der Waals surface area contributed by atoms with Crippen LogP contribution in [0, 0.1) is 20.8 Å². The number of nitrogens with zero attached hydrogens (tertiary/aromatic N) is 2. The second kappa shape index (κ2) is 7.22. The third-order valence-electron chi connectivity index (χ3n) is 3.50. The first-order chi connectivity index (χ1) is 11.5. The predicted molar refractivity (Wildman–Crippen MR) is 91.6 cm³/mol. The molecule has 2 rings (SSSR count). The number of hydrogen-bond acceptors (Lipinski definition) is 7. The van der Waals surface area contributed by atoms with Gasteiger partial charge >= 0.3 is 5.22 Å². The number of rotatable bonds is 7. The van der Waals surface area contributed by atoms with Crippen LogP contribution in [0.5, 0.6) is 0 Å². The maximum Gasteiger partial charge on any atom is 0.335 e.